The third-order valence-corrected chi connectivity index (χ3v) is 5.33. The fourth-order valence-electron chi connectivity index (χ4n) is 3.86. The van der Waals surface area contributed by atoms with Crippen LogP contribution in [-0.4, -0.2) is 23.3 Å². The van der Waals surface area contributed by atoms with Crippen LogP contribution >= 0.6 is 0 Å². The summed E-state index contributed by atoms with van der Waals surface area (Å²) < 4.78 is 26.6. The first-order valence-corrected chi connectivity index (χ1v) is 10.3. The van der Waals surface area contributed by atoms with Crippen LogP contribution in [0.2, 0.25) is 0 Å². The number of hydrogen-bond donors (Lipinski definition) is 1. The summed E-state index contributed by atoms with van der Waals surface area (Å²) in [7, 11) is 0. The Balaban J connectivity index is 1.67. The summed E-state index contributed by atoms with van der Waals surface area (Å²) in [5.41, 5.74) is 4.35. The minimum absolute atomic E-state index is 0.145. The summed E-state index contributed by atoms with van der Waals surface area (Å²) in [6.45, 7) is 4.04. The molecule has 1 heterocycles. The predicted octanol–water partition coefficient (Wildman–Crippen LogP) is 5.02. The van der Waals surface area contributed by atoms with Gasteiger partial charge in [-0.05, 0) is 78.9 Å². The average molecular weight is 432 g/mol. The van der Waals surface area contributed by atoms with E-state index in [1.807, 2.05) is 32.0 Å². The van der Waals surface area contributed by atoms with Crippen LogP contribution < -0.4 is 5.32 Å². The van der Waals surface area contributed by atoms with E-state index in [-0.39, 0.29) is 23.6 Å². The lowest BCUT2D eigenvalue weighted by atomic mass is 10.0. The molecule has 1 aliphatic heterocycles. The van der Waals surface area contributed by atoms with Crippen molar-refractivity contribution in [3.8, 4) is 0 Å². The number of carbonyl (C=O) groups excluding carboxylic acids is 2. The van der Waals surface area contributed by atoms with Gasteiger partial charge >= 0.3 is 0 Å². The van der Waals surface area contributed by atoms with Gasteiger partial charge in [0, 0.05) is 12.2 Å². The molecule has 4 rings (SSSR count). The van der Waals surface area contributed by atoms with Crippen molar-refractivity contribution in [2.75, 3.05) is 11.9 Å². The Morgan fingerprint density at radius 2 is 1.34 bits per heavy atom. The van der Waals surface area contributed by atoms with Gasteiger partial charge in [-0.1, -0.05) is 30.3 Å². The zero-order chi connectivity index (χ0) is 22.8. The minimum Gasteiger partial charge on any atom is -0.350 e. The molecule has 6 heteroatoms. The third kappa shape index (κ3) is 4.44. The van der Waals surface area contributed by atoms with Crippen molar-refractivity contribution < 1.29 is 18.4 Å². The molecule has 0 radical (unpaired) electrons. The number of anilines is 1. The molecule has 0 saturated carbocycles. The SMILES string of the molecule is Cc1cc(C)cc(NC2=C(c3ccc(F)cc3)C(=O)N(CCc3ccc(F)cc3)C2=O)c1. The second-order valence-corrected chi connectivity index (χ2v) is 7.90. The van der Waals surface area contributed by atoms with Crippen molar-refractivity contribution in [3.63, 3.8) is 0 Å². The summed E-state index contributed by atoms with van der Waals surface area (Å²) in [5, 5.41) is 3.13. The maximum atomic E-state index is 13.5. The highest BCUT2D eigenvalue weighted by Crippen LogP contribution is 2.31. The van der Waals surface area contributed by atoms with Crippen LogP contribution in [0.5, 0.6) is 0 Å². The molecule has 0 saturated heterocycles. The zero-order valence-corrected chi connectivity index (χ0v) is 17.8. The number of aryl methyl sites for hydroxylation is 2. The normalized spacial score (nSPS) is 13.8. The monoisotopic (exact) mass is 432 g/mol. The average Bonchev–Trinajstić information content (AvgIpc) is 2.97. The predicted molar refractivity (Wildman–Crippen MR) is 120 cm³/mol. The Morgan fingerprint density at radius 3 is 1.94 bits per heavy atom. The van der Waals surface area contributed by atoms with Crippen molar-refractivity contribution >= 4 is 23.1 Å². The smallest absolute Gasteiger partial charge is 0.278 e. The van der Waals surface area contributed by atoms with E-state index >= 15 is 0 Å². The van der Waals surface area contributed by atoms with Crippen molar-refractivity contribution in [2.45, 2.75) is 20.3 Å². The first-order valence-electron chi connectivity index (χ1n) is 10.3. The van der Waals surface area contributed by atoms with Crippen molar-refractivity contribution in [3.05, 3.63) is 106 Å². The quantitative estimate of drug-likeness (QED) is 0.557. The molecule has 0 bridgehead atoms. The van der Waals surface area contributed by atoms with Gasteiger partial charge < -0.3 is 5.32 Å². The Hall–Kier alpha value is -3.80. The fraction of sp³-hybridized carbons (Fsp3) is 0.154. The van der Waals surface area contributed by atoms with Crippen LogP contribution in [0.25, 0.3) is 5.57 Å². The highest BCUT2D eigenvalue weighted by Gasteiger charge is 2.39. The van der Waals surface area contributed by atoms with E-state index in [0.717, 1.165) is 16.7 Å². The lowest BCUT2D eigenvalue weighted by Gasteiger charge is -2.15. The molecule has 162 valence electrons. The number of rotatable bonds is 6. The van der Waals surface area contributed by atoms with E-state index in [1.165, 1.54) is 41.3 Å². The Labute approximate surface area is 185 Å². The van der Waals surface area contributed by atoms with E-state index in [0.29, 0.717) is 17.7 Å². The van der Waals surface area contributed by atoms with Gasteiger partial charge in [0.05, 0.1) is 5.57 Å². The molecular weight excluding hydrogens is 410 g/mol. The van der Waals surface area contributed by atoms with Gasteiger partial charge in [-0.15, -0.1) is 0 Å². The second-order valence-electron chi connectivity index (χ2n) is 7.90. The molecule has 0 unspecified atom stereocenters. The van der Waals surface area contributed by atoms with Gasteiger partial charge in [0.1, 0.15) is 17.3 Å². The highest BCUT2D eigenvalue weighted by atomic mass is 19.1. The molecule has 32 heavy (non-hydrogen) atoms. The van der Waals surface area contributed by atoms with Gasteiger partial charge in [0.25, 0.3) is 11.8 Å². The standard InChI is InChI=1S/C26H22F2N2O2/c1-16-13-17(2)15-22(14-16)29-24-23(19-5-9-21(28)10-6-19)25(31)30(26(24)32)12-11-18-3-7-20(27)8-4-18/h3-10,13-15,29H,11-12H2,1-2H3. The summed E-state index contributed by atoms with van der Waals surface area (Å²) in [6, 6.07) is 17.2. The molecule has 0 aliphatic carbocycles. The van der Waals surface area contributed by atoms with Gasteiger partial charge in [-0.25, -0.2) is 8.78 Å². The second kappa shape index (κ2) is 8.75. The van der Waals surface area contributed by atoms with Crippen LogP contribution in [0.1, 0.15) is 22.3 Å². The third-order valence-electron chi connectivity index (χ3n) is 5.33. The Bertz CT molecular complexity index is 1200. The van der Waals surface area contributed by atoms with Crippen LogP contribution in [-0.2, 0) is 16.0 Å². The summed E-state index contributed by atoms with van der Waals surface area (Å²) in [6.07, 6.45) is 0.394. The summed E-state index contributed by atoms with van der Waals surface area (Å²) in [5.74, 6) is -1.67. The number of carbonyl (C=O) groups is 2. The Kier molecular flexibility index (Phi) is 5.86. The zero-order valence-electron chi connectivity index (χ0n) is 17.8. The summed E-state index contributed by atoms with van der Waals surface area (Å²) >= 11 is 0. The van der Waals surface area contributed by atoms with Gasteiger partial charge in [-0.2, -0.15) is 0 Å². The van der Waals surface area contributed by atoms with Crippen LogP contribution in [0.4, 0.5) is 14.5 Å². The minimum atomic E-state index is -0.449. The molecular formula is C26H22F2N2O2. The number of benzene rings is 3. The maximum Gasteiger partial charge on any atom is 0.278 e. The molecule has 0 spiro atoms. The topological polar surface area (TPSA) is 49.4 Å². The molecule has 3 aromatic rings. The van der Waals surface area contributed by atoms with Crippen molar-refractivity contribution in [1.82, 2.24) is 4.90 Å². The van der Waals surface area contributed by atoms with Crippen LogP contribution in [0.3, 0.4) is 0 Å². The molecule has 2 amide bonds. The fourth-order valence-corrected chi connectivity index (χ4v) is 3.86. The lowest BCUT2D eigenvalue weighted by Crippen LogP contribution is -2.34. The molecule has 1 N–H and O–H groups in total. The molecule has 4 nitrogen and oxygen atoms in total. The van der Waals surface area contributed by atoms with E-state index < -0.39 is 17.6 Å². The van der Waals surface area contributed by atoms with E-state index in [4.69, 9.17) is 0 Å². The maximum absolute atomic E-state index is 13.5. The largest absolute Gasteiger partial charge is 0.350 e. The van der Waals surface area contributed by atoms with Crippen molar-refractivity contribution in [2.24, 2.45) is 0 Å². The number of hydrogen-bond acceptors (Lipinski definition) is 3. The van der Waals surface area contributed by atoms with Crippen LogP contribution in [0, 0.1) is 25.5 Å². The molecule has 0 fully saturated rings. The molecule has 0 aromatic heterocycles. The number of halogens is 2. The first-order chi connectivity index (χ1) is 15.3. The number of nitrogens with zero attached hydrogens (tertiary/aromatic N) is 1. The van der Waals surface area contributed by atoms with Gasteiger partial charge in [0.2, 0.25) is 0 Å². The van der Waals surface area contributed by atoms with E-state index in [9.17, 15) is 18.4 Å². The molecule has 1 aliphatic rings. The number of amides is 2. The lowest BCUT2D eigenvalue weighted by molar-refractivity contribution is -0.136. The van der Waals surface area contributed by atoms with Gasteiger partial charge in [-0.3, -0.25) is 14.5 Å². The Morgan fingerprint density at radius 1 is 0.781 bits per heavy atom. The van der Waals surface area contributed by atoms with E-state index in [2.05, 4.69) is 5.32 Å². The molecule has 3 aromatic carbocycles. The number of nitrogens with one attached hydrogen (secondary N) is 1. The van der Waals surface area contributed by atoms with E-state index in [1.54, 1.807) is 12.1 Å². The molecule has 0 atom stereocenters. The number of imide groups is 1. The van der Waals surface area contributed by atoms with Gasteiger partial charge in [0.15, 0.2) is 0 Å². The van der Waals surface area contributed by atoms with Crippen LogP contribution in [0.15, 0.2) is 72.4 Å². The van der Waals surface area contributed by atoms with Crippen molar-refractivity contribution in [1.29, 1.82) is 0 Å². The first kappa shape index (κ1) is 21.4. The highest BCUT2D eigenvalue weighted by molar-refractivity contribution is 6.36. The summed E-state index contributed by atoms with van der Waals surface area (Å²) in [4.78, 5) is 27.7.